The van der Waals surface area contributed by atoms with Crippen LogP contribution < -0.4 is 10.5 Å². The number of hydrogen-bond donors (Lipinski definition) is 2. The van der Waals surface area contributed by atoms with Crippen LogP contribution in [0.3, 0.4) is 0 Å². The lowest BCUT2D eigenvalue weighted by Crippen LogP contribution is -2.09. The van der Waals surface area contributed by atoms with Crippen molar-refractivity contribution in [3.8, 4) is 5.75 Å². The molecule has 0 radical (unpaired) electrons. The van der Waals surface area contributed by atoms with Crippen LogP contribution in [0.1, 0.15) is 31.1 Å². The molecule has 0 heterocycles. The van der Waals surface area contributed by atoms with Crippen molar-refractivity contribution in [2.75, 3.05) is 5.73 Å². The van der Waals surface area contributed by atoms with E-state index < -0.39 is 6.10 Å². The summed E-state index contributed by atoms with van der Waals surface area (Å²) in [6.07, 6.45) is -0.643. The van der Waals surface area contributed by atoms with Gasteiger partial charge in [0.1, 0.15) is 11.9 Å². The van der Waals surface area contributed by atoms with Crippen LogP contribution in [-0.4, -0.2) is 11.2 Å². The number of para-hydroxylation sites is 1. The Morgan fingerprint density at radius 2 is 1.63 bits per heavy atom. The number of rotatable bonds is 4. The van der Waals surface area contributed by atoms with Gasteiger partial charge in [-0.3, -0.25) is 0 Å². The molecule has 2 rings (SSSR count). The van der Waals surface area contributed by atoms with Gasteiger partial charge in [0.05, 0.1) is 6.10 Å². The molecule has 3 nitrogen and oxygen atoms in total. The van der Waals surface area contributed by atoms with E-state index in [1.807, 2.05) is 50.2 Å². The first-order valence-electron chi connectivity index (χ1n) is 6.37. The number of anilines is 1. The van der Waals surface area contributed by atoms with E-state index in [1.165, 1.54) is 0 Å². The molecular formula is C16H19NO2. The Morgan fingerprint density at radius 1 is 1.00 bits per heavy atom. The zero-order valence-corrected chi connectivity index (χ0v) is 11.2. The molecule has 0 aliphatic heterocycles. The van der Waals surface area contributed by atoms with Crippen LogP contribution >= 0.6 is 0 Å². The predicted molar refractivity (Wildman–Crippen MR) is 77.1 cm³/mol. The highest BCUT2D eigenvalue weighted by Crippen LogP contribution is 2.30. The molecule has 0 amide bonds. The minimum Gasteiger partial charge on any atom is -0.491 e. The summed E-state index contributed by atoms with van der Waals surface area (Å²) < 4.78 is 5.73. The van der Waals surface area contributed by atoms with Gasteiger partial charge in [0, 0.05) is 11.3 Å². The molecule has 1 unspecified atom stereocenters. The average Bonchev–Trinajstić information content (AvgIpc) is 2.39. The first-order valence-corrected chi connectivity index (χ1v) is 6.37. The molecule has 0 aromatic heterocycles. The number of hydrogen-bond acceptors (Lipinski definition) is 3. The molecule has 19 heavy (non-hydrogen) atoms. The van der Waals surface area contributed by atoms with Gasteiger partial charge in [-0.1, -0.05) is 30.3 Å². The molecule has 0 fully saturated rings. The van der Waals surface area contributed by atoms with Crippen LogP contribution in [0.25, 0.3) is 0 Å². The SMILES string of the molecule is CC(C)Oc1ccccc1C(O)c1ccc(N)cc1. The molecule has 0 aliphatic carbocycles. The van der Waals surface area contributed by atoms with Gasteiger partial charge in [-0.2, -0.15) is 0 Å². The van der Waals surface area contributed by atoms with Gasteiger partial charge in [0.2, 0.25) is 0 Å². The molecule has 0 aliphatic rings. The van der Waals surface area contributed by atoms with Crippen molar-refractivity contribution in [3.63, 3.8) is 0 Å². The summed E-state index contributed by atoms with van der Waals surface area (Å²) in [6.45, 7) is 3.93. The average molecular weight is 257 g/mol. The van der Waals surface area contributed by atoms with Crippen LogP contribution in [0, 0.1) is 0 Å². The zero-order chi connectivity index (χ0) is 13.8. The molecule has 2 aromatic rings. The van der Waals surface area contributed by atoms with E-state index in [2.05, 4.69) is 0 Å². The second-order valence-electron chi connectivity index (χ2n) is 4.77. The highest BCUT2D eigenvalue weighted by Gasteiger charge is 2.15. The molecule has 0 saturated carbocycles. The van der Waals surface area contributed by atoms with Gasteiger partial charge < -0.3 is 15.6 Å². The summed E-state index contributed by atoms with van der Waals surface area (Å²) in [5.41, 5.74) is 7.90. The van der Waals surface area contributed by atoms with Crippen LogP contribution in [0.5, 0.6) is 5.75 Å². The fourth-order valence-corrected chi connectivity index (χ4v) is 1.93. The summed E-state index contributed by atoms with van der Waals surface area (Å²) >= 11 is 0. The summed E-state index contributed by atoms with van der Waals surface area (Å²) in [5, 5.41) is 10.5. The Hall–Kier alpha value is -2.00. The summed E-state index contributed by atoms with van der Waals surface area (Å²) in [4.78, 5) is 0. The monoisotopic (exact) mass is 257 g/mol. The van der Waals surface area contributed by atoms with E-state index >= 15 is 0 Å². The molecule has 0 saturated heterocycles. The van der Waals surface area contributed by atoms with Crippen molar-refractivity contribution in [2.24, 2.45) is 0 Å². The predicted octanol–water partition coefficient (Wildman–Crippen LogP) is 3.14. The number of ether oxygens (including phenoxy) is 1. The van der Waals surface area contributed by atoms with E-state index in [0.29, 0.717) is 11.4 Å². The topological polar surface area (TPSA) is 55.5 Å². The van der Waals surface area contributed by atoms with Crippen molar-refractivity contribution >= 4 is 5.69 Å². The van der Waals surface area contributed by atoms with Crippen molar-refractivity contribution in [2.45, 2.75) is 26.1 Å². The van der Waals surface area contributed by atoms with Gasteiger partial charge in [0.15, 0.2) is 0 Å². The second-order valence-corrected chi connectivity index (χ2v) is 4.77. The molecule has 3 heteroatoms. The maximum atomic E-state index is 10.5. The Kier molecular flexibility index (Phi) is 4.07. The second kappa shape index (κ2) is 5.76. The van der Waals surface area contributed by atoms with Gasteiger partial charge in [-0.25, -0.2) is 0 Å². The van der Waals surface area contributed by atoms with Crippen molar-refractivity contribution in [1.82, 2.24) is 0 Å². The maximum Gasteiger partial charge on any atom is 0.125 e. The Balaban J connectivity index is 2.32. The van der Waals surface area contributed by atoms with Crippen LogP contribution in [0.4, 0.5) is 5.69 Å². The fraction of sp³-hybridized carbons (Fsp3) is 0.250. The Morgan fingerprint density at radius 3 is 2.26 bits per heavy atom. The number of benzene rings is 2. The molecule has 0 spiro atoms. The van der Waals surface area contributed by atoms with Crippen molar-refractivity contribution < 1.29 is 9.84 Å². The highest BCUT2D eigenvalue weighted by molar-refractivity contribution is 5.44. The Labute approximate surface area is 113 Å². The summed E-state index contributed by atoms with van der Waals surface area (Å²) in [6, 6.07) is 14.8. The molecule has 2 aromatic carbocycles. The van der Waals surface area contributed by atoms with Gasteiger partial charge in [0.25, 0.3) is 0 Å². The van der Waals surface area contributed by atoms with E-state index in [9.17, 15) is 5.11 Å². The lowest BCUT2D eigenvalue weighted by molar-refractivity contribution is 0.198. The normalized spacial score (nSPS) is 12.4. The number of aliphatic hydroxyl groups is 1. The summed E-state index contributed by atoms with van der Waals surface area (Å²) in [5.74, 6) is 0.710. The largest absolute Gasteiger partial charge is 0.491 e. The molecule has 0 bridgehead atoms. The van der Waals surface area contributed by atoms with Gasteiger partial charge in [-0.05, 0) is 37.6 Å². The number of aliphatic hydroxyl groups excluding tert-OH is 1. The minimum absolute atomic E-state index is 0.0692. The molecule has 1 atom stereocenters. The lowest BCUT2D eigenvalue weighted by Gasteiger charge is -2.18. The smallest absolute Gasteiger partial charge is 0.125 e. The third-order valence-electron chi connectivity index (χ3n) is 2.83. The lowest BCUT2D eigenvalue weighted by atomic mass is 10.0. The Bertz CT molecular complexity index is 535. The summed E-state index contributed by atoms with van der Waals surface area (Å²) in [7, 11) is 0. The molecular weight excluding hydrogens is 238 g/mol. The standard InChI is InChI=1S/C16H19NO2/c1-11(2)19-15-6-4-3-5-14(15)16(18)12-7-9-13(17)10-8-12/h3-11,16,18H,17H2,1-2H3. The van der Waals surface area contributed by atoms with E-state index in [4.69, 9.17) is 10.5 Å². The minimum atomic E-state index is -0.712. The number of nitrogen functional groups attached to an aromatic ring is 1. The highest BCUT2D eigenvalue weighted by atomic mass is 16.5. The zero-order valence-electron chi connectivity index (χ0n) is 11.2. The molecule has 3 N–H and O–H groups in total. The first-order chi connectivity index (χ1) is 9.08. The maximum absolute atomic E-state index is 10.5. The quantitative estimate of drug-likeness (QED) is 0.827. The van der Waals surface area contributed by atoms with Gasteiger partial charge in [-0.15, -0.1) is 0 Å². The molecule has 100 valence electrons. The van der Waals surface area contributed by atoms with Crippen LogP contribution in [-0.2, 0) is 0 Å². The van der Waals surface area contributed by atoms with E-state index in [1.54, 1.807) is 12.1 Å². The number of nitrogens with two attached hydrogens (primary N) is 1. The van der Waals surface area contributed by atoms with E-state index in [-0.39, 0.29) is 6.10 Å². The van der Waals surface area contributed by atoms with Gasteiger partial charge >= 0.3 is 0 Å². The fourth-order valence-electron chi connectivity index (χ4n) is 1.93. The first kappa shape index (κ1) is 13.4. The van der Waals surface area contributed by atoms with Crippen LogP contribution in [0.15, 0.2) is 48.5 Å². The van der Waals surface area contributed by atoms with E-state index in [0.717, 1.165) is 11.1 Å². The third-order valence-corrected chi connectivity index (χ3v) is 2.83. The van der Waals surface area contributed by atoms with Crippen molar-refractivity contribution in [1.29, 1.82) is 0 Å². The van der Waals surface area contributed by atoms with Crippen LogP contribution in [0.2, 0.25) is 0 Å². The third kappa shape index (κ3) is 3.26. The van der Waals surface area contributed by atoms with Crippen molar-refractivity contribution in [3.05, 3.63) is 59.7 Å².